The number of amides is 2. The summed E-state index contributed by atoms with van der Waals surface area (Å²) in [5.41, 5.74) is 4.10. The molecule has 2 aliphatic rings. The lowest BCUT2D eigenvalue weighted by Crippen LogP contribution is -2.49. The molecule has 0 radical (unpaired) electrons. The third-order valence-corrected chi connectivity index (χ3v) is 4.87. The quantitative estimate of drug-likeness (QED) is 0.828. The van der Waals surface area contributed by atoms with Crippen LogP contribution in [0.1, 0.15) is 0 Å². The van der Waals surface area contributed by atoms with E-state index >= 15 is 0 Å². The summed E-state index contributed by atoms with van der Waals surface area (Å²) >= 11 is 1.51. The van der Waals surface area contributed by atoms with Crippen molar-refractivity contribution in [1.82, 2.24) is 9.88 Å². The van der Waals surface area contributed by atoms with Gasteiger partial charge in [-0.05, 0) is 18.2 Å². The number of anilines is 1. The molecule has 8 heteroatoms. The highest BCUT2D eigenvalue weighted by molar-refractivity contribution is 7.07. The van der Waals surface area contributed by atoms with Crippen molar-refractivity contribution in [1.29, 1.82) is 0 Å². The predicted molar refractivity (Wildman–Crippen MR) is 92.8 cm³/mol. The van der Waals surface area contributed by atoms with Crippen molar-refractivity contribution in [3.8, 4) is 17.0 Å². The maximum absolute atomic E-state index is 12.6. The average Bonchev–Trinajstić information content (AvgIpc) is 3.19. The van der Waals surface area contributed by atoms with Gasteiger partial charge in [0.1, 0.15) is 12.3 Å². The molecule has 1 saturated heterocycles. The number of carbonyl (C=O) groups is 2. The van der Waals surface area contributed by atoms with Crippen LogP contribution in [0.5, 0.6) is 5.75 Å². The Bertz CT molecular complexity index is 787. The molecule has 0 aliphatic carbocycles. The fourth-order valence-electron chi connectivity index (χ4n) is 2.94. The molecule has 7 nitrogen and oxygen atoms in total. The highest BCUT2D eigenvalue weighted by Gasteiger charge is 2.29. The zero-order valence-corrected chi connectivity index (χ0v) is 14.3. The molecule has 0 bridgehead atoms. The molecular formula is C17H17N3O4S. The number of carbonyl (C=O) groups excluding carboxylic acids is 2. The first kappa shape index (κ1) is 16.0. The van der Waals surface area contributed by atoms with Gasteiger partial charge in [-0.1, -0.05) is 0 Å². The maximum Gasteiger partial charge on any atom is 0.265 e. The van der Waals surface area contributed by atoms with E-state index in [1.165, 1.54) is 16.2 Å². The van der Waals surface area contributed by atoms with E-state index in [4.69, 9.17) is 9.47 Å². The number of hydrogen-bond acceptors (Lipinski definition) is 6. The van der Waals surface area contributed by atoms with Gasteiger partial charge in [-0.3, -0.25) is 14.5 Å². The monoisotopic (exact) mass is 359 g/mol. The van der Waals surface area contributed by atoms with Crippen molar-refractivity contribution in [3.05, 3.63) is 29.1 Å². The lowest BCUT2D eigenvalue weighted by Gasteiger charge is -2.32. The number of hydrogen-bond donors (Lipinski definition) is 0. The molecule has 1 aromatic heterocycles. The maximum atomic E-state index is 12.6. The summed E-state index contributed by atoms with van der Waals surface area (Å²) in [6, 6.07) is 5.59. The van der Waals surface area contributed by atoms with E-state index in [0.29, 0.717) is 37.7 Å². The molecule has 0 atom stereocenters. The fraction of sp³-hybridized carbons (Fsp3) is 0.353. The minimum absolute atomic E-state index is 0.00964. The lowest BCUT2D eigenvalue weighted by atomic mass is 10.1. The van der Waals surface area contributed by atoms with Crippen LogP contribution in [0.2, 0.25) is 0 Å². The van der Waals surface area contributed by atoms with Crippen LogP contribution in [-0.4, -0.2) is 61.2 Å². The van der Waals surface area contributed by atoms with Gasteiger partial charge < -0.3 is 14.4 Å². The third-order valence-electron chi connectivity index (χ3n) is 4.29. The van der Waals surface area contributed by atoms with Crippen LogP contribution < -0.4 is 9.64 Å². The van der Waals surface area contributed by atoms with Crippen LogP contribution in [0.3, 0.4) is 0 Å². The van der Waals surface area contributed by atoms with Gasteiger partial charge in [-0.2, -0.15) is 0 Å². The summed E-state index contributed by atoms with van der Waals surface area (Å²) in [6.45, 7) is 2.14. The van der Waals surface area contributed by atoms with Crippen LogP contribution in [0.15, 0.2) is 29.1 Å². The van der Waals surface area contributed by atoms with Crippen LogP contribution in [0.4, 0.5) is 5.69 Å². The summed E-state index contributed by atoms with van der Waals surface area (Å²) in [7, 11) is 0. The topological polar surface area (TPSA) is 72.0 Å². The van der Waals surface area contributed by atoms with E-state index in [0.717, 1.165) is 11.3 Å². The number of ether oxygens (including phenoxy) is 2. The zero-order valence-electron chi connectivity index (χ0n) is 13.5. The number of thiazole rings is 1. The smallest absolute Gasteiger partial charge is 0.265 e. The van der Waals surface area contributed by atoms with Crippen LogP contribution in [-0.2, 0) is 14.3 Å². The molecule has 130 valence electrons. The van der Waals surface area contributed by atoms with Gasteiger partial charge in [-0.25, -0.2) is 4.98 Å². The number of fused-ring (bicyclic) bond motifs is 1. The minimum Gasteiger partial charge on any atom is -0.482 e. The molecule has 2 amide bonds. The Morgan fingerprint density at radius 2 is 2.12 bits per heavy atom. The van der Waals surface area contributed by atoms with Crippen LogP contribution in [0.25, 0.3) is 11.3 Å². The highest BCUT2D eigenvalue weighted by Crippen LogP contribution is 2.36. The minimum atomic E-state index is -0.218. The normalized spacial score (nSPS) is 17.2. The molecule has 0 N–H and O–H groups in total. The van der Waals surface area contributed by atoms with Gasteiger partial charge in [0.2, 0.25) is 5.91 Å². The van der Waals surface area contributed by atoms with E-state index in [1.54, 1.807) is 10.4 Å². The van der Waals surface area contributed by atoms with Crippen molar-refractivity contribution >= 4 is 28.8 Å². The van der Waals surface area contributed by atoms with Crippen molar-refractivity contribution in [2.45, 2.75) is 0 Å². The highest BCUT2D eigenvalue weighted by atomic mass is 32.1. The standard InChI is InChI=1S/C17H17N3O4S/c21-16(19-3-5-23-6-4-19)8-20-14-7-12(13-10-25-11-18-13)1-2-15(14)24-9-17(20)22/h1-2,7,10-11H,3-6,8-9H2. The van der Waals surface area contributed by atoms with Gasteiger partial charge in [0.15, 0.2) is 6.61 Å². The summed E-state index contributed by atoms with van der Waals surface area (Å²) in [4.78, 5) is 32.5. The largest absolute Gasteiger partial charge is 0.482 e. The molecule has 25 heavy (non-hydrogen) atoms. The number of rotatable bonds is 3. The molecule has 2 aromatic rings. The van der Waals surface area contributed by atoms with Gasteiger partial charge in [0.05, 0.1) is 30.1 Å². The van der Waals surface area contributed by atoms with E-state index in [9.17, 15) is 9.59 Å². The van der Waals surface area contributed by atoms with E-state index in [-0.39, 0.29) is 25.0 Å². The van der Waals surface area contributed by atoms with Gasteiger partial charge in [0, 0.05) is 24.0 Å². The van der Waals surface area contributed by atoms with Crippen LogP contribution >= 0.6 is 11.3 Å². The van der Waals surface area contributed by atoms with Crippen molar-refractivity contribution in [2.75, 3.05) is 44.4 Å². The van der Waals surface area contributed by atoms with Crippen molar-refractivity contribution in [2.24, 2.45) is 0 Å². The Kier molecular flexibility index (Phi) is 4.37. The average molecular weight is 359 g/mol. The molecule has 1 fully saturated rings. The first-order chi connectivity index (χ1) is 12.2. The molecule has 0 spiro atoms. The van der Waals surface area contributed by atoms with Crippen molar-refractivity contribution < 1.29 is 19.1 Å². The summed E-state index contributed by atoms with van der Waals surface area (Å²) in [5.74, 6) is 0.307. The molecule has 1 aromatic carbocycles. The Labute approximate surface area is 148 Å². The number of nitrogens with zero attached hydrogens (tertiary/aromatic N) is 3. The summed E-state index contributed by atoms with van der Waals surface area (Å²) in [6.07, 6.45) is 0. The third kappa shape index (κ3) is 3.22. The zero-order chi connectivity index (χ0) is 17.2. The van der Waals surface area contributed by atoms with E-state index < -0.39 is 0 Å². The SMILES string of the molecule is O=C(CN1C(=O)COc2ccc(-c3cscn3)cc21)N1CCOCC1. The molecular weight excluding hydrogens is 342 g/mol. The van der Waals surface area contributed by atoms with Gasteiger partial charge in [0.25, 0.3) is 5.91 Å². The number of aromatic nitrogens is 1. The number of benzene rings is 1. The fourth-order valence-corrected chi connectivity index (χ4v) is 3.50. The molecule has 0 unspecified atom stereocenters. The molecule has 3 heterocycles. The second-order valence-corrected chi connectivity index (χ2v) is 6.54. The Hall–Kier alpha value is -2.45. The van der Waals surface area contributed by atoms with E-state index in [1.807, 2.05) is 23.6 Å². The summed E-state index contributed by atoms with van der Waals surface area (Å²) < 4.78 is 10.8. The summed E-state index contributed by atoms with van der Waals surface area (Å²) in [5, 5.41) is 1.94. The molecule has 4 rings (SSSR count). The van der Waals surface area contributed by atoms with E-state index in [2.05, 4.69) is 4.98 Å². The first-order valence-electron chi connectivity index (χ1n) is 8.03. The second-order valence-electron chi connectivity index (χ2n) is 5.82. The van der Waals surface area contributed by atoms with Gasteiger partial charge >= 0.3 is 0 Å². The predicted octanol–water partition coefficient (Wildman–Crippen LogP) is 1.39. The Morgan fingerprint density at radius 1 is 1.28 bits per heavy atom. The van der Waals surface area contributed by atoms with Crippen molar-refractivity contribution in [3.63, 3.8) is 0 Å². The first-order valence-corrected chi connectivity index (χ1v) is 8.98. The Balaban J connectivity index is 1.61. The number of morpholine rings is 1. The molecule has 2 aliphatic heterocycles. The molecule has 0 saturated carbocycles. The lowest BCUT2D eigenvalue weighted by molar-refractivity contribution is -0.135. The second kappa shape index (κ2) is 6.81. The van der Waals surface area contributed by atoms with Gasteiger partial charge in [-0.15, -0.1) is 11.3 Å². The Morgan fingerprint density at radius 3 is 2.88 bits per heavy atom. The van der Waals surface area contributed by atoms with Crippen LogP contribution in [0, 0.1) is 0 Å².